The van der Waals surface area contributed by atoms with Crippen LogP contribution in [-0.4, -0.2) is 27.7 Å². The Morgan fingerprint density at radius 3 is 3.29 bits per heavy atom. The van der Waals surface area contributed by atoms with Gasteiger partial charge in [0.2, 0.25) is 0 Å². The third kappa shape index (κ3) is 2.12. The van der Waals surface area contributed by atoms with Crippen molar-refractivity contribution in [2.24, 2.45) is 0 Å². The van der Waals surface area contributed by atoms with Gasteiger partial charge in [-0.25, -0.2) is 5.10 Å². The third-order valence-corrected chi connectivity index (χ3v) is 4.03. The van der Waals surface area contributed by atoms with Gasteiger partial charge < -0.3 is 5.32 Å². The lowest BCUT2D eigenvalue weighted by Gasteiger charge is -2.12. The number of hydrogen-bond donors (Lipinski definition) is 2. The lowest BCUT2D eigenvalue weighted by molar-refractivity contribution is 0.807. The van der Waals surface area contributed by atoms with E-state index in [9.17, 15) is 4.79 Å². The maximum Gasteiger partial charge on any atom is 0.280 e. The lowest BCUT2D eigenvalue weighted by atomic mass is 10.2. The van der Waals surface area contributed by atoms with Gasteiger partial charge in [-0.15, -0.1) is 0 Å². The molecule has 0 saturated carbocycles. The van der Waals surface area contributed by atoms with Crippen molar-refractivity contribution in [3.8, 4) is 0 Å². The van der Waals surface area contributed by atoms with Crippen LogP contribution < -0.4 is 10.9 Å². The number of nitrogens with zero attached hydrogens (tertiary/aromatic N) is 1. The molecule has 1 unspecified atom stereocenters. The first-order valence-electron chi connectivity index (χ1n) is 4.35. The van der Waals surface area contributed by atoms with Crippen molar-refractivity contribution >= 4 is 33.4 Å². The molecule has 2 rings (SSSR count). The van der Waals surface area contributed by atoms with Crippen molar-refractivity contribution in [1.29, 1.82) is 0 Å². The van der Waals surface area contributed by atoms with E-state index in [4.69, 9.17) is 0 Å². The van der Waals surface area contributed by atoms with Gasteiger partial charge in [-0.3, -0.25) is 4.79 Å². The molecule has 0 aromatic carbocycles. The highest BCUT2D eigenvalue weighted by molar-refractivity contribution is 9.10. The molecule has 2 N–H and O–H groups in total. The van der Waals surface area contributed by atoms with Crippen LogP contribution in [0.4, 0.5) is 5.69 Å². The lowest BCUT2D eigenvalue weighted by Crippen LogP contribution is -2.21. The second-order valence-electron chi connectivity index (χ2n) is 3.13. The maximum absolute atomic E-state index is 11.2. The molecule has 4 nitrogen and oxygen atoms in total. The molecule has 1 aromatic rings. The summed E-state index contributed by atoms with van der Waals surface area (Å²) in [6.45, 7) is 0. The average Bonchev–Trinajstić information content (AvgIpc) is 2.66. The second kappa shape index (κ2) is 4.35. The Morgan fingerprint density at radius 1 is 1.71 bits per heavy atom. The van der Waals surface area contributed by atoms with E-state index in [0.29, 0.717) is 10.5 Å². The highest BCUT2D eigenvalue weighted by Gasteiger charge is 2.16. The van der Waals surface area contributed by atoms with E-state index in [1.807, 2.05) is 11.8 Å². The van der Waals surface area contributed by atoms with Gasteiger partial charge in [-0.05, 0) is 28.1 Å². The van der Waals surface area contributed by atoms with Crippen molar-refractivity contribution < 1.29 is 0 Å². The van der Waals surface area contributed by atoms with E-state index in [2.05, 4.69) is 31.4 Å². The van der Waals surface area contributed by atoms with Crippen LogP contribution in [0.25, 0.3) is 0 Å². The number of nitrogens with one attached hydrogen (secondary N) is 2. The Morgan fingerprint density at radius 2 is 2.57 bits per heavy atom. The van der Waals surface area contributed by atoms with Gasteiger partial charge >= 0.3 is 0 Å². The molecule has 1 aliphatic rings. The molecule has 1 saturated heterocycles. The van der Waals surface area contributed by atoms with Crippen LogP contribution in [0.15, 0.2) is 15.5 Å². The van der Waals surface area contributed by atoms with Crippen LogP contribution in [-0.2, 0) is 0 Å². The molecular weight excluding hydrogens is 266 g/mol. The van der Waals surface area contributed by atoms with E-state index in [0.717, 1.165) is 17.9 Å². The highest BCUT2D eigenvalue weighted by Crippen LogP contribution is 2.23. The minimum absolute atomic E-state index is 0.194. The predicted molar refractivity (Wildman–Crippen MR) is 61.9 cm³/mol. The molecule has 1 aliphatic heterocycles. The summed E-state index contributed by atoms with van der Waals surface area (Å²) in [6.07, 6.45) is 2.78. The number of rotatable bonds is 2. The molecule has 1 atom stereocenters. The number of aromatic amines is 1. The van der Waals surface area contributed by atoms with Gasteiger partial charge in [-0.1, -0.05) is 0 Å². The third-order valence-electron chi connectivity index (χ3n) is 2.08. The van der Waals surface area contributed by atoms with Gasteiger partial charge in [0, 0.05) is 11.8 Å². The largest absolute Gasteiger partial charge is 0.379 e. The number of anilines is 1. The molecule has 0 spiro atoms. The summed E-state index contributed by atoms with van der Waals surface area (Å²) in [4.78, 5) is 11.2. The molecule has 0 aliphatic carbocycles. The molecule has 0 bridgehead atoms. The van der Waals surface area contributed by atoms with Gasteiger partial charge in [0.25, 0.3) is 5.56 Å². The Kier molecular flexibility index (Phi) is 3.12. The Labute approximate surface area is 94.0 Å². The molecule has 2 heterocycles. The molecule has 0 radical (unpaired) electrons. The van der Waals surface area contributed by atoms with Crippen LogP contribution in [0.3, 0.4) is 0 Å². The summed E-state index contributed by atoms with van der Waals surface area (Å²) < 4.78 is 0.532. The highest BCUT2D eigenvalue weighted by atomic mass is 79.9. The number of thioether (sulfide) groups is 1. The zero-order chi connectivity index (χ0) is 9.97. The van der Waals surface area contributed by atoms with Crippen molar-refractivity contribution in [2.45, 2.75) is 12.5 Å². The SMILES string of the molecule is O=c1[nH]ncc(NC2CCSC2)c1Br. The predicted octanol–water partition coefficient (Wildman–Crippen LogP) is 1.45. The Balaban J connectivity index is 2.15. The zero-order valence-corrected chi connectivity index (χ0v) is 9.82. The number of H-pyrrole nitrogens is 1. The Hall–Kier alpha value is -0.490. The van der Waals surface area contributed by atoms with E-state index >= 15 is 0 Å². The van der Waals surface area contributed by atoms with Crippen LogP contribution in [0, 0.1) is 0 Å². The zero-order valence-electron chi connectivity index (χ0n) is 7.42. The van der Waals surface area contributed by atoms with E-state index in [1.165, 1.54) is 5.75 Å². The molecular formula is C8H10BrN3OS. The first-order chi connectivity index (χ1) is 6.77. The molecule has 14 heavy (non-hydrogen) atoms. The summed E-state index contributed by atoms with van der Waals surface area (Å²) >= 11 is 5.16. The fourth-order valence-corrected chi connectivity index (χ4v) is 2.81. The minimum Gasteiger partial charge on any atom is -0.379 e. The van der Waals surface area contributed by atoms with Gasteiger partial charge in [0.1, 0.15) is 4.47 Å². The van der Waals surface area contributed by atoms with Crippen LogP contribution in [0.1, 0.15) is 6.42 Å². The number of halogens is 1. The standard InChI is InChI=1S/C8H10BrN3OS/c9-7-6(3-10-12-8(7)13)11-5-1-2-14-4-5/h3,5H,1-2,4H2,(H2,11,12,13). The van der Waals surface area contributed by atoms with E-state index < -0.39 is 0 Å². The van der Waals surface area contributed by atoms with E-state index in [-0.39, 0.29) is 5.56 Å². The summed E-state index contributed by atoms with van der Waals surface area (Å²) in [5, 5.41) is 9.42. The molecule has 6 heteroatoms. The van der Waals surface area contributed by atoms with Crippen LogP contribution in [0.2, 0.25) is 0 Å². The quantitative estimate of drug-likeness (QED) is 0.858. The van der Waals surface area contributed by atoms with Gasteiger partial charge in [0.15, 0.2) is 0 Å². The molecule has 1 fully saturated rings. The molecule has 0 amide bonds. The molecule has 76 valence electrons. The summed E-state index contributed by atoms with van der Waals surface area (Å²) in [7, 11) is 0. The van der Waals surface area contributed by atoms with Crippen molar-refractivity contribution in [3.05, 3.63) is 21.0 Å². The summed E-state index contributed by atoms with van der Waals surface area (Å²) in [5.41, 5.74) is 0.585. The smallest absolute Gasteiger partial charge is 0.280 e. The normalized spacial score (nSPS) is 21.1. The Bertz CT molecular complexity index is 375. The summed E-state index contributed by atoms with van der Waals surface area (Å²) in [6, 6.07) is 0.458. The van der Waals surface area contributed by atoms with Crippen molar-refractivity contribution in [1.82, 2.24) is 10.2 Å². The van der Waals surface area contributed by atoms with Crippen LogP contribution >= 0.6 is 27.7 Å². The van der Waals surface area contributed by atoms with Crippen LogP contribution in [0.5, 0.6) is 0 Å². The van der Waals surface area contributed by atoms with E-state index in [1.54, 1.807) is 6.20 Å². The van der Waals surface area contributed by atoms with Gasteiger partial charge in [-0.2, -0.15) is 16.9 Å². The number of aromatic nitrogens is 2. The second-order valence-corrected chi connectivity index (χ2v) is 5.07. The maximum atomic E-state index is 11.2. The first kappa shape index (κ1) is 10.0. The monoisotopic (exact) mass is 275 g/mol. The summed E-state index contributed by atoms with van der Waals surface area (Å²) in [5.74, 6) is 2.28. The fraction of sp³-hybridized carbons (Fsp3) is 0.500. The molecule has 1 aromatic heterocycles. The fourth-order valence-electron chi connectivity index (χ4n) is 1.35. The van der Waals surface area contributed by atoms with Crippen molar-refractivity contribution in [2.75, 3.05) is 16.8 Å². The minimum atomic E-state index is -0.194. The topological polar surface area (TPSA) is 57.8 Å². The van der Waals surface area contributed by atoms with Gasteiger partial charge in [0.05, 0.1) is 11.9 Å². The number of hydrogen-bond acceptors (Lipinski definition) is 4. The van der Waals surface area contributed by atoms with Crippen molar-refractivity contribution in [3.63, 3.8) is 0 Å². The average molecular weight is 276 g/mol. The first-order valence-corrected chi connectivity index (χ1v) is 6.29.